The van der Waals surface area contributed by atoms with E-state index in [1.165, 1.54) is 0 Å². The lowest BCUT2D eigenvalue weighted by molar-refractivity contribution is -0.131. The van der Waals surface area contributed by atoms with E-state index < -0.39 is 11.9 Å². The summed E-state index contributed by atoms with van der Waals surface area (Å²) >= 11 is 0. The molecule has 0 aromatic carbocycles. The van der Waals surface area contributed by atoms with Gasteiger partial charge >= 0.3 is 0 Å². The predicted octanol–water partition coefficient (Wildman–Crippen LogP) is -0.635. The van der Waals surface area contributed by atoms with Gasteiger partial charge in [-0.05, 0) is 18.4 Å². The molecule has 1 rings (SSSR count). The summed E-state index contributed by atoms with van der Waals surface area (Å²) in [4.78, 5) is 22.8. The maximum Gasteiger partial charge on any atom is 0.240 e. The van der Waals surface area contributed by atoms with Crippen LogP contribution in [0, 0.1) is 5.41 Å². The van der Waals surface area contributed by atoms with Gasteiger partial charge in [-0.25, -0.2) is 0 Å². The molecule has 1 heterocycles. The fourth-order valence-electron chi connectivity index (χ4n) is 1.47. The first-order valence-electron chi connectivity index (χ1n) is 5.15. The number of hydrogen-bond donors (Lipinski definition) is 3. The molecule has 15 heavy (non-hydrogen) atoms. The third-order valence-electron chi connectivity index (χ3n) is 2.58. The minimum atomic E-state index is -0.618. The predicted molar refractivity (Wildman–Crippen MR) is 57.0 cm³/mol. The number of nitrogens with one attached hydrogen (secondary N) is 2. The van der Waals surface area contributed by atoms with Crippen LogP contribution in [0.4, 0.5) is 0 Å². The van der Waals surface area contributed by atoms with Gasteiger partial charge in [-0.1, -0.05) is 20.8 Å². The van der Waals surface area contributed by atoms with Gasteiger partial charge in [-0.3, -0.25) is 9.59 Å². The number of primary amides is 1. The Labute approximate surface area is 89.8 Å². The Morgan fingerprint density at radius 1 is 1.47 bits per heavy atom. The molecule has 0 aliphatic carbocycles. The second kappa shape index (κ2) is 4.18. The standard InChI is InChI=1S/C10H19N3O2/c1-10(2,3)7(8(11)14)13-9(15)6-4-5-12-6/h6-7,12H,4-5H2,1-3H3,(H2,11,14)(H,13,15)/t6-,7?/m1/s1. The summed E-state index contributed by atoms with van der Waals surface area (Å²) in [5, 5.41) is 5.66. The Balaban J connectivity index is 2.58. The van der Waals surface area contributed by atoms with Crippen molar-refractivity contribution in [3.05, 3.63) is 0 Å². The average molecular weight is 213 g/mol. The molecular weight excluding hydrogens is 194 g/mol. The molecule has 0 radical (unpaired) electrons. The minimum Gasteiger partial charge on any atom is -0.368 e. The summed E-state index contributed by atoms with van der Waals surface area (Å²) in [5.74, 6) is -0.629. The van der Waals surface area contributed by atoms with Crippen molar-refractivity contribution in [1.82, 2.24) is 10.6 Å². The Morgan fingerprint density at radius 2 is 2.00 bits per heavy atom. The summed E-state index contributed by atoms with van der Waals surface area (Å²) in [6.07, 6.45) is 0.821. The van der Waals surface area contributed by atoms with Crippen LogP contribution in [0.15, 0.2) is 0 Å². The van der Waals surface area contributed by atoms with Crippen molar-refractivity contribution in [2.24, 2.45) is 11.1 Å². The van der Waals surface area contributed by atoms with Crippen LogP contribution in [-0.2, 0) is 9.59 Å². The first kappa shape index (κ1) is 12.0. The van der Waals surface area contributed by atoms with Gasteiger partial charge in [0, 0.05) is 0 Å². The average Bonchev–Trinajstić information content (AvgIpc) is 1.93. The summed E-state index contributed by atoms with van der Waals surface area (Å²) in [5.41, 5.74) is 4.90. The van der Waals surface area contributed by atoms with E-state index in [9.17, 15) is 9.59 Å². The second-order valence-electron chi connectivity index (χ2n) is 5.01. The van der Waals surface area contributed by atoms with Gasteiger partial charge in [-0.15, -0.1) is 0 Å². The van der Waals surface area contributed by atoms with Gasteiger partial charge < -0.3 is 16.4 Å². The largest absolute Gasteiger partial charge is 0.368 e. The third-order valence-corrected chi connectivity index (χ3v) is 2.58. The van der Waals surface area contributed by atoms with Crippen molar-refractivity contribution in [3.63, 3.8) is 0 Å². The van der Waals surface area contributed by atoms with Gasteiger partial charge in [0.05, 0.1) is 6.04 Å². The molecule has 1 unspecified atom stereocenters. The van der Waals surface area contributed by atoms with Crippen LogP contribution < -0.4 is 16.4 Å². The number of carbonyl (C=O) groups is 2. The maximum absolute atomic E-state index is 11.6. The zero-order chi connectivity index (χ0) is 11.6. The van der Waals surface area contributed by atoms with E-state index in [1.807, 2.05) is 20.8 Å². The van der Waals surface area contributed by atoms with Crippen LogP contribution in [0.1, 0.15) is 27.2 Å². The highest BCUT2D eigenvalue weighted by Crippen LogP contribution is 2.19. The van der Waals surface area contributed by atoms with E-state index in [-0.39, 0.29) is 17.4 Å². The van der Waals surface area contributed by atoms with E-state index in [0.29, 0.717) is 0 Å². The van der Waals surface area contributed by atoms with E-state index in [0.717, 1.165) is 13.0 Å². The summed E-state index contributed by atoms with van der Waals surface area (Å²) < 4.78 is 0. The highest BCUT2D eigenvalue weighted by Gasteiger charge is 2.34. The van der Waals surface area contributed by atoms with Gasteiger partial charge in [0.25, 0.3) is 0 Å². The summed E-state index contributed by atoms with van der Waals surface area (Å²) in [6.45, 7) is 6.47. The second-order valence-corrected chi connectivity index (χ2v) is 5.01. The van der Waals surface area contributed by atoms with E-state index in [1.54, 1.807) is 0 Å². The molecule has 5 heteroatoms. The molecule has 1 fully saturated rings. The molecular formula is C10H19N3O2. The van der Waals surface area contributed by atoms with Crippen molar-refractivity contribution in [2.45, 2.75) is 39.3 Å². The van der Waals surface area contributed by atoms with Crippen molar-refractivity contribution in [2.75, 3.05) is 6.54 Å². The molecule has 0 aromatic rings. The lowest BCUT2D eigenvalue weighted by atomic mass is 9.86. The molecule has 4 N–H and O–H groups in total. The SMILES string of the molecule is CC(C)(C)C(NC(=O)[C@H]1CCN1)C(N)=O. The van der Waals surface area contributed by atoms with Gasteiger partial charge in [-0.2, -0.15) is 0 Å². The molecule has 5 nitrogen and oxygen atoms in total. The van der Waals surface area contributed by atoms with Crippen LogP contribution in [0.25, 0.3) is 0 Å². The lowest BCUT2D eigenvalue weighted by Gasteiger charge is -2.33. The van der Waals surface area contributed by atoms with Crippen LogP contribution in [-0.4, -0.2) is 30.4 Å². The maximum atomic E-state index is 11.6. The van der Waals surface area contributed by atoms with Gasteiger partial charge in [0.2, 0.25) is 11.8 Å². The van der Waals surface area contributed by atoms with E-state index in [4.69, 9.17) is 5.73 Å². The molecule has 1 aliphatic heterocycles. The number of hydrogen-bond acceptors (Lipinski definition) is 3. The summed E-state index contributed by atoms with van der Waals surface area (Å²) in [6, 6.07) is -0.776. The smallest absolute Gasteiger partial charge is 0.240 e. The third kappa shape index (κ3) is 2.92. The molecule has 0 bridgehead atoms. The Hall–Kier alpha value is -1.10. The highest BCUT2D eigenvalue weighted by atomic mass is 16.2. The fraction of sp³-hybridized carbons (Fsp3) is 0.800. The number of carbonyl (C=O) groups excluding carboxylic acids is 2. The van der Waals surface area contributed by atoms with Crippen molar-refractivity contribution < 1.29 is 9.59 Å². The number of amides is 2. The minimum absolute atomic E-state index is 0.139. The number of nitrogens with two attached hydrogens (primary N) is 1. The molecule has 0 saturated carbocycles. The van der Waals surface area contributed by atoms with Gasteiger partial charge in [0.1, 0.15) is 6.04 Å². The monoisotopic (exact) mass is 213 g/mol. The lowest BCUT2D eigenvalue weighted by Crippen LogP contribution is -2.59. The Morgan fingerprint density at radius 3 is 2.27 bits per heavy atom. The molecule has 2 atom stereocenters. The van der Waals surface area contributed by atoms with E-state index >= 15 is 0 Å². The van der Waals surface area contributed by atoms with Crippen molar-refractivity contribution in [3.8, 4) is 0 Å². The normalized spacial score (nSPS) is 22.7. The van der Waals surface area contributed by atoms with Crippen LogP contribution in [0.5, 0.6) is 0 Å². The highest BCUT2D eigenvalue weighted by molar-refractivity contribution is 5.89. The molecule has 2 amide bonds. The zero-order valence-electron chi connectivity index (χ0n) is 9.46. The van der Waals surface area contributed by atoms with Crippen LogP contribution >= 0.6 is 0 Å². The molecule has 0 spiro atoms. The van der Waals surface area contributed by atoms with Crippen molar-refractivity contribution >= 4 is 11.8 Å². The van der Waals surface area contributed by atoms with Crippen molar-refractivity contribution in [1.29, 1.82) is 0 Å². The topological polar surface area (TPSA) is 84.2 Å². The Kier molecular flexibility index (Phi) is 3.34. The molecule has 1 saturated heterocycles. The van der Waals surface area contributed by atoms with Crippen LogP contribution in [0.2, 0.25) is 0 Å². The van der Waals surface area contributed by atoms with Gasteiger partial charge in [0.15, 0.2) is 0 Å². The first-order chi connectivity index (χ1) is 6.82. The quantitative estimate of drug-likeness (QED) is 0.583. The van der Waals surface area contributed by atoms with E-state index in [2.05, 4.69) is 10.6 Å². The fourth-order valence-corrected chi connectivity index (χ4v) is 1.47. The summed E-state index contributed by atoms with van der Waals surface area (Å²) in [7, 11) is 0. The Bertz CT molecular complexity index is 266. The molecule has 1 aliphatic rings. The number of rotatable bonds is 3. The molecule has 86 valence electrons. The zero-order valence-corrected chi connectivity index (χ0v) is 9.46. The molecule has 0 aromatic heterocycles. The van der Waals surface area contributed by atoms with Crippen LogP contribution in [0.3, 0.4) is 0 Å². The first-order valence-corrected chi connectivity index (χ1v) is 5.15.